The third kappa shape index (κ3) is 1.52. The Hall–Kier alpha value is -0.480. The maximum atomic E-state index is 10.5. The standard InChI is InChI=1S/C5H6ClNO2S/c1-2-5(6,3(7)8)4(9)10/h2H,1H2,(H2,7,8)(H,9,10). The number of rotatable bonds is 3. The molecule has 56 valence electrons. The molecule has 0 saturated carbocycles. The molecule has 0 heterocycles. The predicted molar refractivity (Wildman–Crippen MR) is 42.0 cm³/mol. The van der Waals surface area contributed by atoms with Gasteiger partial charge in [-0.3, -0.25) is 9.59 Å². The molecule has 1 amide bonds. The average molecular weight is 180 g/mol. The third-order valence-corrected chi connectivity index (χ3v) is 1.95. The van der Waals surface area contributed by atoms with Gasteiger partial charge < -0.3 is 5.73 Å². The highest BCUT2D eigenvalue weighted by Gasteiger charge is 2.36. The molecule has 0 aliphatic rings. The Morgan fingerprint density at radius 1 is 1.70 bits per heavy atom. The van der Waals surface area contributed by atoms with E-state index in [1.165, 1.54) is 0 Å². The zero-order valence-corrected chi connectivity index (χ0v) is 6.65. The van der Waals surface area contributed by atoms with Crippen molar-refractivity contribution in [3.63, 3.8) is 0 Å². The largest absolute Gasteiger partial charge is 0.367 e. The fraction of sp³-hybridized carbons (Fsp3) is 0.200. The van der Waals surface area contributed by atoms with E-state index in [-0.39, 0.29) is 0 Å². The second-order valence-corrected chi connectivity index (χ2v) is 2.59. The predicted octanol–water partition coefficient (Wildman–Crippen LogP) is 0.0917. The van der Waals surface area contributed by atoms with E-state index in [9.17, 15) is 9.59 Å². The highest BCUT2D eigenvalue weighted by Crippen LogP contribution is 2.18. The monoisotopic (exact) mass is 179 g/mol. The summed E-state index contributed by atoms with van der Waals surface area (Å²) in [7, 11) is 0. The molecule has 0 fully saturated rings. The zero-order chi connectivity index (χ0) is 8.36. The Morgan fingerprint density at radius 2 is 2.10 bits per heavy atom. The first-order chi connectivity index (χ1) is 4.45. The van der Waals surface area contributed by atoms with Crippen molar-refractivity contribution in [2.75, 3.05) is 0 Å². The summed E-state index contributed by atoms with van der Waals surface area (Å²) in [6.45, 7) is 3.17. The van der Waals surface area contributed by atoms with Crippen LogP contribution in [0.1, 0.15) is 0 Å². The Labute approximate surface area is 68.6 Å². The normalized spacial score (nSPS) is 15.4. The lowest BCUT2D eigenvalue weighted by Crippen LogP contribution is -2.41. The summed E-state index contributed by atoms with van der Waals surface area (Å²) < 4.78 is 0. The third-order valence-electron chi connectivity index (χ3n) is 0.951. The summed E-state index contributed by atoms with van der Waals surface area (Å²) in [6.07, 6.45) is 0.951. The van der Waals surface area contributed by atoms with E-state index in [0.29, 0.717) is 0 Å². The first-order valence-corrected chi connectivity index (χ1v) is 3.13. The van der Waals surface area contributed by atoms with Gasteiger partial charge in [-0.1, -0.05) is 17.7 Å². The molecule has 0 rings (SSSR count). The summed E-state index contributed by atoms with van der Waals surface area (Å²) in [6, 6.07) is 0. The van der Waals surface area contributed by atoms with E-state index in [4.69, 9.17) is 17.3 Å². The maximum absolute atomic E-state index is 10.5. The van der Waals surface area contributed by atoms with Crippen LogP contribution in [0.3, 0.4) is 0 Å². The van der Waals surface area contributed by atoms with Crippen LogP contribution in [0.5, 0.6) is 0 Å². The van der Waals surface area contributed by atoms with Gasteiger partial charge in [-0.15, -0.1) is 19.2 Å². The average Bonchev–Trinajstić information content (AvgIpc) is 1.85. The van der Waals surface area contributed by atoms with Crippen LogP contribution in [0.25, 0.3) is 0 Å². The SMILES string of the molecule is C=CC(Cl)(C(N)=O)C(=O)S. The molecular formula is C5H6ClNO2S. The molecule has 10 heavy (non-hydrogen) atoms. The first-order valence-electron chi connectivity index (χ1n) is 2.31. The van der Waals surface area contributed by atoms with Crippen LogP contribution in [0.2, 0.25) is 0 Å². The van der Waals surface area contributed by atoms with Crippen LogP contribution in [0.4, 0.5) is 0 Å². The fourth-order valence-corrected chi connectivity index (χ4v) is 0.495. The van der Waals surface area contributed by atoms with E-state index < -0.39 is 15.9 Å². The van der Waals surface area contributed by atoms with E-state index in [1.54, 1.807) is 0 Å². The van der Waals surface area contributed by atoms with Crippen LogP contribution >= 0.6 is 24.2 Å². The van der Waals surface area contributed by atoms with Gasteiger partial charge in [0, 0.05) is 0 Å². The molecule has 2 N–H and O–H groups in total. The molecule has 0 aliphatic heterocycles. The smallest absolute Gasteiger partial charge is 0.251 e. The second-order valence-electron chi connectivity index (χ2n) is 1.59. The van der Waals surface area contributed by atoms with Crippen LogP contribution in [-0.4, -0.2) is 15.9 Å². The number of primary amides is 1. The van der Waals surface area contributed by atoms with Crippen molar-refractivity contribution in [3.05, 3.63) is 12.7 Å². The number of halogens is 1. The summed E-state index contributed by atoms with van der Waals surface area (Å²) in [5.41, 5.74) is 4.77. The molecule has 0 saturated heterocycles. The minimum absolute atomic E-state index is 0.823. The molecule has 1 unspecified atom stereocenters. The Morgan fingerprint density at radius 3 is 2.10 bits per heavy atom. The van der Waals surface area contributed by atoms with Crippen molar-refractivity contribution in [2.24, 2.45) is 5.73 Å². The van der Waals surface area contributed by atoms with Crippen LogP contribution in [0.15, 0.2) is 12.7 Å². The molecule has 5 heteroatoms. The lowest BCUT2D eigenvalue weighted by molar-refractivity contribution is -0.124. The lowest BCUT2D eigenvalue weighted by Gasteiger charge is -2.12. The topological polar surface area (TPSA) is 60.2 Å². The molecule has 0 bridgehead atoms. The molecule has 0 aromatic carbocycles. The van der Waals surface area contributed by atoms with Gasteiger partial charge in [-0.25, -0.2) is 0 Å². The minimum Gasteiger partial charge on any atom is -0.367 e. The Kier molecular flexibility index (Phi) is 2.93. The summed E-state index contributed by atoms with van der Waals surface area (Å²) >= 11 is 8.73. The van der Waals surface area contributed by atoms with Crippen molar-refractivity contribution in [1.82, 2.24) is 0 Å². The van der Waals surface area contributed by atoms with Gasteiger partial charge in [-0.2, -0.15) is 0 Å². The van der Waals surface area contributed by atoms with Crippen molar-refractivity contribution in [3.8, 4) is 0 Å². The first kappa shape index (κ1) is 9.52. The summed E-state index contributed by atoms with van der Waals surface area (Å²) in [5.74, 6) is -0.968. The number of carbonyl (C=O) groups excluding carboxylic acids is 2. The quantitative estimate of drug-likeness (QED) is 0.279. The molecule has 3 nitrogen and oxygen atoms in total. The van der Waals surface area contributed by atoms with Crippen molar-refractivity contribution in [1.29, 1.82) is 0 Å². The number of thiol groups is 1. The van der Waals surface area contributed by atoms with Gasteiger partial charge in [0.1, 0.15) is 0 Å². The maximum Gasteiger partial charge on any atom is 0.251 e. The summed E-state index contributed by atoms with van der Waals surface area (Å²) in [4.78, 5) is 19.1. The molecule has 0 radical (unpaired) electrons. The van der Waals surface area contributed by atoms with E-state index in [0.717, 1.165) is 6.08 Å². The van der Waals surface area contributed by atoms with Gasteiger partial charge in [-0.05, 0) is 0 Å². The molecule has 0 aliphatic carbocycles. The van der Waals surface area contributed by atoms with Gasteiger partial charge in [0.05, 0.1) is 0 Å². The molecular weight excluding hydrogens is 174 g/mol. The minimum atomic E-state index is -1.86. The van der Waals surface area contributed by atoms with Crippen molar-refractivity contribution in [2.45, 2.75) is 4.87 Å². The Balaban J connectivity index is 4.72. The Bertz CT molecular complexity index is 178. The van der Waals surface area contributed by atoms with E-state index >= 15 is 0 Å². The number of amides is 1. The number of alkyl halides is 1. The van der Waals surface area contributed by atoms with Gasteiger partial charge in [0.25, 0.3) is 5.91 Å². The molecule has 1 atom stereocenters. The van der Waals surface area contributed by atoms with Crippen LogP contribution < -0.4 is 5.73 Å². The number of nitrogens with two attached hydrogens (primary N) is 1. The number of carbonyl (C=O) groups is 2. The molecule has 0 spiro atoms. The number of hydrogen-bond acceptors (Lipinski definition) is 2. The van der Waals surface area contributed by atoms with E-state index in [1.807, 2.05) is 0 Å². The van der Waals surface area contributed by atoms with Crippen molar-refractivity contribution < 1.29 is 9.59 Å². The highest BCUT2D eigenvalue weighted by molar-refractivity contribution is 7.97. The van der Waals surface area contributed by atoms with Gasteiger partial charge >= 0.3 is 0 Å². The molecule has 0 aromatic heterocycles. The van der Waals surface area contributed by atoms with Crippen LogP contribution in [0, 0.1) is 0 Å². The van der Waals surface area contributed by atoms with Crippen molar-refractivity contribution >= 4 is 35.3 Å². The summed E-state index contributed by atoms with van der Waals surface area (Å²) in [5, 5.41) is -0.823. The lowest BCUT2D eigenvalue weighted by atomic mass is 10.1. The zero-order valence-electron chi connectivity index (χ0n) is 5.00. The molecule has 0 aromatic rings. The van der Waals surface area contributed by atoms with Gasteiger partial charge in [0.2, 0.25) is 9.99 Å². The fourth-order valence-electron chi connectivity index (χ4n) is 0.293. The van der Waals surface area contributed by atoms with Gasteiger partial charge in [0.15, 0.2) is 0 Å². The van der Waals surface area contributed by atoms with Crippen LogP contribution in [-0.2, 0) is 9.59 Å². The number of hydrogen-bond donors (Lipinski definition) is 2. The highest BCUT2D eigenvalue weighted by atomic mass is 35.5. The van der Waals surface area contributed by atoms with E-state index in [2.05, 4.69) is 19.2 Å². The second kappa shape index (κ2) is 3.07.